The molecule has 1 saturated carbocycles. The molecule has 1 aliphatic rings. The minimum atomic E-state index is -0.816. The Kier molecular flexibility index (Phi) is 8.71. The van der Waals surface area contributed by atoms with Crippen LogP contribution in [0.4, 0.5) is 8.78 Å². The van der Waals surface area contributed by atoms with Gasteiger partial charge in [-0.15, -0.1) is 0 Å². The summed E-state index contributed by atoms with van der Waals surface area (Å²) >= 11 is 0. The van der Waals surface area contributed by atoms with Crippen molar-refractivity contribution in [3.63, 3.8) is 0 Å². The third-order valence-corrected chi connectivity index (χ3v) is 5.54. The Balaban J connectivity index is 1.83. The smallest absolute Gasteiger partial charge is 0.200 e. The molecule has 0 heterocycles. The van der Waals surface area contributed by atoms with E-state index in [1.807, 2.05) is 6.92 Å². The molecule has 2 rings (SSSR count). The lowest BCUT2D eigenvalue weighted by molar-refractivity contribution is 0.285. The largest absolute Gasteiger partial charge is 0.490 e. The van der Waals surface area contributed by atoms with Gasteiger partial charge in [0, 0.05) is 0 Å². The summed E-state index contributed by atoms with van der Waals surface area (Å²) in [6, 6.07) is 3.34. The molecule has 0 radical (unpaired) electrons. The third kappa shape index (κ3) is 5.97. The number of rotatable bonds is 10. The maximum absolute atomic E-state index is 14.4. The van der Waals surface area contributed by atoms with Crippen molar-refractivity contribution in [2.75, 3.05) is 6.61 Å². The number of hydrogen-bond acceptors (Lipinski definition) is 1. The van der Waals surface area contributed by atoms with Gasteiger partial charge in [-0.2, -0.15) is 4.39 Å². The van der Waals surface area contributed by atoms with Gasteiger partial charge in [-0.25, -0.2) is 4.39 Å². The van der Waals surface area contributed by atoms with Crippen molar-refractivity contribution in [3.8, 4) is 5.75 Å². The van der Waals surface area contributed by atoms with E-state index in [0.717, 1.165) is 38.0 Å². The maximum Gasteiger partial charge on any atom is 0.200 e. The molecule has 0 spiro atoms. The average Bonchev–Trinajstić information content (AvgIpc) is 2.63. The van der Waals surface area contributed by atoms with Gasteiger partial charge < -0.3 is 4.74 Å². The lowest BCUT2D eigenvalue weighted by Crippen LogP contribution is -2.15. The SMILES string of the molecule is CCCCCCC[C@H]1CC[C@H](c2ccc(OCCC)c(F)c2F)CC1. The molecule has 1 nitrogen and oxygen atoms in total. The minimum absolute atomic E-state index is 0.0452. The highest BCUT2D eigenvalue weighted by molar-refractivity contribution is 5.33. The average molecular weight is 353 g/mol. The van der Waals surface area contributed by atoms with Crippen LogP contribution in [-0.4, -0.2) is 6.61 Å². The van der Waals surface area contributed by atoms with Crippen LogP contribution in [-0.2, 0) is 0 Å². The summed E-state index contributed by atoms with van der Waals surface area (Å²) in [6.07, 6.45) is 13.0. The van der Waals surface area contributed by atoms with Gasteiger partial charge in [0.2, 0.25) is 5.82 Å². The molecule has 0 bridgehead atoms. The summed E-state index contributed by atoms with van der Waals surface area (Å²) in [5.41, 5.74) is 0.544. The number of benzene rings is 1. The number of ether oxygens (including phenoxy) is 1. The van der Waals surface area contributed by atoms with Gasteiger partial charge in [-0.05, 0) is 55.6 Å². The molecule has 0 aliphatic heterocycles. The monoisotopic (exact) mass is 352 g/mol. The first-order chi connectivity index (χ1) is 12.2. The normalized spacial score (nSPS) is 20.6. The number of unbranched alkanes of at least 4 members (excludes halogenated alkanes) is 4. The highest BCUT2D eigenvalue weighted by Gasteiger charge is 2.26. The highest BCUT2D eigenvalue weighted by Crippen LogP contribution is 2.40. The van der Waals surface area contributed by atoms with Gasteiger partial charge in [0.15, 0.2) is 11.6 Å². The van der Waals surface area contributed by atoms with Crippen LogP contribution in [0.5, 0.6) is 5.75 Å². The van der Waals surface area contributed by atoms with Crippen LogP contribution in [0.1, 0.15) is 96.0 Å². The Hall–Kier alpha value is -1.12. The first kappa shape index (κ1) is 20.2. The molecule has 0 aromatic heterocycles. The zero-order valence-electron chi connectivity index (χ0n) is 16.0. The van der Waals surface area contributed by atoms with Gasteiger partial charge in [0.1, 0.15) is 0 Å². The van der Waals surface area contributed by atoms with E-state index in [-0.39, 0.29) is 11.7 Å². The Bertz CT molecular complexity index is 507. The molecule has 0 unspecified atom stereocenters. The van der Waals surface area contributed by atoms with Crippen LogP contribution in [0, 0.1) is 17.6 Å². The van der Waals surface area contributed by atoms with Gasteiger partial charge >= 0.3 is 0 Å². The van der Waals surface area contributed by atoms with Gasteiger partial charge in [0.25, 0.3) is 0 Å². The van der Waals surface area contributed by atoms with E-state index in [1.54, 1.807) is 12.1 Å². The Morgan fingerprint density at radius 3 is 2.28 bits per heavy atom. The molecule has 25 heavy (non-hydrogen) atoms. The van der Waals surface area contributed by atoms with Gasteiger partial charge in [-0.3, -0.25) is 0 Å². The summed E-state index contributed by atoms with van der Waals surface area (Å²) in [5.74, 6) is -0.534. The molecule has 1 aliphatic carbocycles. The molecule has 0 amide bonds. The first-order valence-electron chi connectivity index (χ1n) is 10.3. The number of halogens is 2. The van der Waals surface area contributed by atoms with Crippen LogP contribution < -0.4 is 4.74 Å². The van der Waals surface area contributed by atoms with Crippen LogP contribution in [0.15, 0.2) is 12.1 Å². The topological polar surface area (TPSA) is 9.23 Å². The second-order valence-corrected chi connectivity index (χ2v) is 7.55. The molecular formula is C22H34F2O. The van der Waals surface area contributed by atoms with Crippen molar-refractivity contribution in [3.05, 3.63) is 29.3 Å². The zero-order valence-corrected chi connectivity index (χ0v) is 16.0. The van der Waals surface area contributed by atoms with E-state index in [1.165, 1.54) is 38.5 Å². The Morgan fingerprint density at radius 1 is 0.880 bits per heavy atom. The van der Waals surface area contributed by atoms with Crippen LogP contribution >= 0.6 is 0 Å². The fourth-order valence-corrected chi connectivity index (χ4v) is 3.98. The molecule has 142 valence electrons. The lowest BCUT2D eigenvalue weighted by Gasteiger charge is -2.29. The second-order valence-electron chi connectivity index (χ2n) is 7.55. The van der Waals surface area contributed by atoms with E-state index in [9.17, 15) is 8.78 Å². The van der Waals surface area contributed by atoms with Gasteiger partial charge in [0.05, 0.1) is 6.61 Å². The molecular weight excluding hydrogens is 318 g/mol. The fourth-order valence-electron chi connectivity index (χ4n) is 3.98. The molecule has 0 saturated heterocycles. The maximum atomic E-state index is 14.4. The van der Waals surface area contributed by atoms with Gasteiger partial charge in [-0.1, -0.05) is 58.4 Å². The standard InChI is InChI=1S/C22H34F2O/c1-3-5-6-7-8-9-17-10-12-18(13-11-17)19-14-15-20(25-16-4-2)22(24)21(19)23/h14-15,17-18H,3-13,16H2,1-2H3/t17-,18-. The summed E-state index contributed by atoms with van der Waals surface area (Å²) in [5, 5.41) is 0. The second kappa shape index (κ2) is 10.8. The highest BCUT2D eigenvalue weighted by atomic mass is 19.2. The summed E-state index contributed by atoms with van der Waals surface area (Å²) in [4.78, 5) is 0. The lowest BCUT2D eigenvalue weighted by atomic mass is 9.77. The molecule has 0 N–H and O–H groups in total. The first-order valence-corrected chi connectivity index (χ1v) is 10.3. The van der Waals surface area contributed by atoms with E-state index in [4.69, 9.17) is 4.74 Å². The van der Waals surface area contributed by atoms with Crippen molar-refractivity contribution < 1.29 is 13.5 Å². The van der Waals surface area contributed by atoms with E-state index >= 15 is 0 Å². The number of hydrogen-bond donors (Lipinski definition) is 0. The van der Waals surface area contributed by atoms with E-state index < -0.39 is 11.6 Å². The molecule has 1 fully saturated rings. The van der Waals surface area contributed by atoms with E-state index in [0.29, 0.717) is 12.2 Å². The minimum Gasteiger partial charge on any atom is -0.490 e. The molecule has 1 aromatic rings. The molecule has 0 atom stereocenters. The Labute approximate surface area is 152 Å². The van der Waals surface area contributed by atoms with Crippen molar-refractivity contribution in [1.29, 1.82) is 0 Å². The van der Waals surface area contributed by atoms with Crippen LogP contribution in [0.3, 0.4) is 0 Å². The van der Waals surface area contributed by atoms with Crippen molar-refractivity contribution in [2.45, 2.75) is 90.4 Å². The fraction of sp³-hybridized carbons (Fsp3) is 0.727. The van der Waals surface area contributed by atoms with Crippen LogP contribution in [0.25, 0.3) is 0 Å². The Morgan fingerprint density at radius 2 is 1.60 bits per heavy atom. The predicted octanol–water partition coefficient (Wildman–Crippen LogP) is 7.39. The summed E-state index contributed by atoms with van der Waals surface area (Å²) < 4.78 is 33.9. The molecule has 3 heteroatoms. The van der Waals surface area contributed by atoms with Crippen LogP contribution in [0.2, 0.25) is 0 Å². The van der Waals surface area contributed by atoms with Crippen molar-refractivity contribution in [1.82, 2.24) is 0 Å². The van der Waals surface area contributed by atoms with E-state index in [2.05, 4.69) is 6.92 Å². The summed E-state index contributed by atoms with van der Waals surface area (Å²) in [6.45, 7) is 4.61. The zero-order chi connectivity index (χ0) is 18.1. The predicted molar refractivity (Wildman–Crippen MR) is 100 cm³/mol. The molecule has 1 aromatic carbocycles. The van der Waals surface area contributed by atoms with Crippen molar-refractivity contribution >= 4 is 0 Å². The summed E-state index contributed by atoms with van der Waals surface area (Å²) in [7, 11) is 0. The quantitative estimate of drug-likeness (QED) is 0.399. The van der Waals surface area contributed by atoms with Crippen molar-refractivity contribution in [2.24, 2.45) is 5.92 Å². The third-order valence-electron chi connectivity index (χ3n) is 5.54.